The molecule has 0 aromatic heterocycles. The van der Waals surface area contributed by atoms with Crippen LogP contribution in [0.1, 0.15) is 55.4 Å². The number of carboxylic acid groups (broad SMARTS) is 1. The fourth-order valence-electron chi connectivity index (χ4n) is 5.61. The van der Waals surface area contributed by atoms with Gasteiger partial charge < -0.3 is 24.8 Å². The average molecular weight is 543 g/mol. The molecule has 208 valence electrons. The Hall–Kier alpha value is -4.33. The van der Waals surface area contributed by atoms with E-state index in [1.165, 1.54) is 0 Å². The summed E-state index contributed by atoms with van der Waals surface area (Å²) in [4.78, 5) is 39.8. The molecular weight excluding hydrogens is 508 g/mol. The molecule has 0 unspecified atom stereocenters. The maximum Gasteiger partial charge on any atom is 0.410 e. The maximum atomic E-state index is 13.1. The molecule has 0 spiro atoms. The van der Waals surface area contributed by atoms with Crippen molar-refractivity contribution in [1.29, 1.82) is 0 Å². The molecule has 2 amide bonds. The number of carbonyl (C=O) groups is 3. The van der Waals surface area contributed by atoms with E-state index in [0.29, 0.717) is 13.0 Å². The first-order chi connectivity index (χ1) is 19.1. The Morgan fingerprint density at radius 2 is 1.50 bits per heavy atom. The maximum absolute atomic E-state index is 13.1. The van der Waals surface area contributed by atoms with Gasteiger partial charge >= 0.3 is 18.2 Å². The second kappa shape index (κ2) is 11.0. The molecule has 0 saturated heterocycles. The molecular formula is C32H34N2O6. The van der Waals surface area contributed by atoms with Gasteiger partial charge in [-0.1, -0.05) is 72.8 Å². The van der Waals surface area contributed by atoms with Crippen LogP contribution in [0, 0.1) is 0 Å². The van der Waals surface area contributed by atoms with Crippen LogP contribution >= 0.6 is 0 Å². The van der Waals surface area contributed by atoms with E-state index in [1.807, 2.05) is 72.8 Å². The normalized spacial score (nSPS) is 16.8. The van der Waals surface area contributed by atoms with Crippen molar-refractivity contribution in [3.8, 4) is 11.1 Å². The van der Waals surface area contributed by atoms with Gasteiger partial charge in [0.1, 0.15) is 18.2 Å². The minimum Gasteiger partial charge on any atom is -0.480 e. The predicted octanol–water partition coefficient (Wildman–Crippen LogP) is 5.73. The Morgan fingerprint density at radius 1 is 0.925 bits per heavy atom. The van der Waals surface area contributed by atoms with Crippen molar-refractivity contribution >= 4 is 18.2 Å². The highest BCUT2D eigenvalue weighted by atomic mass is 16.6. The van der Waals surface area contributed by atoms with E-state index in [0.717, 1.165) is 33.4 Å². The van der Waals surface area contributed by atoms with E-state index in [1.54, 1.807) is 25.7 Å². The number of hydrogen-bond donors (Lipinski definition) is 2. The number of nitrogens with zero attached hydrogens (tertiary/aromatic N) is 1. The summed E-state index contributed by atoms with van der Waals surface area (Å²) in [6, 6.07) is 22.0. The minimum atomic E-state index is -1.25. The number of aliphatic carboxylic acids is 1. The molecule has 0 bridgehead atoms. The molecule has 1 heterocycles. The van der Waals surface area contributed by atoms with Crippen LogP contribution in [-0.2, 0) is 27.2 Å². The van der Waals surface area contributed by atoms with Crippen molar-refractivity contribution in [3.63, 3.8) is 0 Å². The lowest BCUT2D eigenvalue weighted by molar-refractivity contribution is -0.140. The quantitative estimate of drug-likeness (QED) is 0.412. The molecule has 1 aliphatic carbocycles. The number of nitrogens with one attached hydrogen (secondary N) is 1. The Labute approximate surface area is 233 Å². The molecule has 40 heavy (non-hydrogen) atoms. The lowest BCUT2D eigenvalue weighted by Gasteiger charge is -2.38. The van der Waals surface area contributed by atoms with E-state index in [-0.39, 0.29) is 18.9 Å². The molecule has 8 heteroatoms. The lowest BCUT2D eigenvalue weighted by atomic mass is 9.90. The summed E-state index contributed by atoms with van der Waals surface area (Å²) in [5.74, 6) is -1.34. The van der Waals surface area contributed by atoms with E-state index in [2.05, 4.69) is 5.32 Å². The van der Waals surface area contributed by atoms with Gasteiger partial charge in [-0.3, -0.25) is 0 Å². The summed E-state index contributed by atoms with van der Waals surface area (Å²) in [6.45, 7) is 5.74. The van der Waals surface area contributed by atoms with Gasteiger partial charge in [0.25, 0.3) is 0 Å². The second-order valence-corrected chi connectivity index (χ2v) is 11.3. The monoisotopic (exact) mass is 542 g/mol. The summed E-state index contributed by atoms with van der Waals surface area (Å²) < 4.78 is 11.2. The first-order valence-corrected chi connectivity index (χ1v) is 13.5. The van der Waals surface area contributed by atoms with Crippen LogP contribution in [0.25, 0.3) is 11.1 Å². The first-order valence-electron chi connectivity index (χ1n) is 13.5. The molecule has 3 aromatic carbocycles. The fourth-order valence-corrected chi connectivity index (χ4v) is 5.61. The van der Waals surface area contributed by atoms with Crippen molar-refractivity contribution in [2.75, 3.05) is 6.61 Å². The number of ether oxygens (including phenoxy) is 2. The molecule has 2 aliphatic rings. The zero-order valence-electron chi connectivity index (χ0n) is 22.9. The molecule has 5 rings (SSSR count). The van der Waals surface area contributed by atoms with Gasteiger partial charge in [0.2, 0.25) is 0 Å². The van der Waals surface area contributed by atoms with E-state index in [9.17, 15) is 19.5 Å². The molecule has 0 fully saturated rings. The number of hydrogen-bond acceptors (Lipinski definition) is 5. The minimum absolute atomic E-state index is 0.00705. The fraction of sp³-hybridized carbons (Fsp3) is 0.344. The van der Waals surface area contributed by atoms with Crippen LogP contribution in [0.3, 0.4) is 0 Å². The standard InChI is InChI=1S/C32H34N2O6/c1-32(2,3)40-31(38)34-18-21-11-5-4-10-20(21)16-22(34)17-28(29(35)36)33-30(37)39-19-27-25-14-8-6-12-23(25)24-13-7-9-15-26(24)27/h4-15,22,27-28H,16-19H2,1-3H3,(H,33,37)(H,35,36)/t22-,28-/m0/s1. The number of benzene rings is 3. The van der Waals surface area contributed by atoms with Crippen LogP contribution in [0.15, 0.2) is 72.8 Å². The van der Waals surface area contributed by atoms with Crippen molar-refractivity contribution in [2.24, 2.45) is 0 Å². The highest BCUT2D eigenvalue weighted by Crippen LogP contribution is 2.44. The lowest BCUT2D eigenvalue weighted by Crippen LogP contribution is -2.51. The molecule has 2 atom stereocenters. The molecule has 2 N–H and O–H groups in total. The van der Waals surface area contributed by atoms with Crippen LogP contribution in [0.5, 0.6) is 0 Å². The summed E-state index contributed by atoms with van der Waals surface area (Å²) in [6.07, 6.45) is -0.870. The summed E-state index contributed by atoms with van der Waals surface area (Å²) in [7, 11) is 0. The molecule has 0 saturated carbocycles. The van der Waals surface area contributed by atoms with Crippen LogP contribution in [-0.4, -0.2) is 52.5 Å². The van der Waals surface area contributed by atoms with Crippen LogP contribution < -0.4 is 5.32 Å². The zero-order chi connectivity index (χ0) is 28.4. The SMILES string of the molecule is CC(C)(C)OC(=O)N1Cc2ccccc2C[C@H]1C[C@H](NC(=O)OCC1c2ccccc2-c2ccccc21)C(=O)O. The van der Waals surface area contributed by atoms with E-state index in [4.69, 9.17) is 9.47 Å². The highest BCUT2D eigenvalue weighted by Gasteiger charge is 2.37. The molecule has 1 aliphatic heterocycles. The third-order valence-corrected chi connectivity index (χ3v) is 7.43. The average Bonchev–Trinajstić information content (AvgIpc) is 3.23. The topological polar surface area (TPSA) is 105 Å². The van der Waals surface area contributed by atoms with Gasteiger partial charge in [0.05, 0.1) is 0 Å². The third kappa shape index (κ3) is 5.81. The van der Waals surface area contributed by atoms with Gasteiger partial charge in [-0.15, -0.1) is 0 Å². The largest absolute Gasteiger partial charge is 0.480 e. The van der Waals surface area contributed by atoms with Crippen LogP contribution in [0.4, 0.5) is 9.59 Å². The molecule has 3 aromatic rings. The van der Waals surface area contributed by atoms with Gasteiger partial charge in [-0.2, -0.15) is 0 Å². The second-order valence-electron chi connectivity index (χ2n) is 11.3. The van der Waals surface area contributed by atoms with E-state index < -0.39 is 35.8 Å². The number of alkyl carbamates (subject to hydrolysis) is 1. The van der Waals surface area contributed by atoms with Crippen LogP contribution in [0.2, 0.25) is 0 Å². The number of carboxylic acids is 1. The smallest absolute Gasteiger partial charge is 0.410 e. The molecule has 8 nitrogen and oxygen atoms in total. The van der Waals surface area contributed by atoms with E-state index >= 15 is 0 Å². The Morgan fingerprint density at radius 3 is 2.10 bits per heavy atom. The van der Waals surface area contributed by atoms with Crippen molar-refractivity contribution in [1.82, 2.24) is 10.2 Å². The van der Waals surface area contributed by atoms with Gasteiger partial charge in [-0.25, -0.2) is 14.4 Å². The number of fused-ring (bicyclic) bond motifs is 4. The number of carbonyl (C=O) groups excluding carboxylic acids is 2. The highest BCUT2D eigenvalue weighted by molar-refractivity contribution is 5.81. The number of rotatable bonds is 6. The first kappa shape index (κ1) is 27.2. The summed E-state index contributed by atoms with van der Waals surface area (Å²) >= 11 is 0. The van der Waals surface area contributed by atoms with Crippen molar-refractivity contribution < 1.29 is 29.0 Å². The number of amides is 2. The summed E-state index contributed by atoms with van der Waals surface area (Å²) in [5.41, 5.74) is 5.68. The zero-order valence-corrected chi connectivity index (χ0v) is 22.9. The Bertz CT molecular complexity index is 1380. The van der Waals surface area contributed by atoms with Gasteiger partial charge in [0, 0.05) is 18.5 Å². The van der Waals surface area contributed by atoms with Crippen molar-refractivity contribution in [2.45, 2.75) is 63.8 Å². The third-order valence-electron chi connectivity index (χ3n) is 7.43. The molecule has 0 radical (unpaired) electrons. The Kier molecular flexibility index (Phi) is 7.52. The van der Waals surface area contributed by atoms with Crippen molar-refractivity contribution in [3.05, 3.63) is 95.1 Å². The Balaban J connectivity index is 1.28. The van der Waals surface area contributed by atoms with Gasteiger partial charge in [0.15, 0.2) is 0 Å². The summed E-state index contributed by atoms with van der Waals surface area (Å²) in [5, 5.41) is 12.5. The predicted molar refractivity (Wildman–Crippen MR) is 150 cm³/mol. The van der Waals surface area contributed by atoms with Gasteiger partial charge in [-0.05, 0) is 67.0 Å².